The number of hydrogen-bond donors (Lipinski definition) is 0. The van der Waals surface area contributed by atoms with Crippen LogP contribution in [0.5, 0.6) is 0 Å². The molecule has 0 unspecified atom stereocenters. The first-order chi connectivity index (χ1) is 5.27. The van der Waals surface area contributed by atoms with Gasteiger partial charge in [0.05, 0.1) is 6.26 Å². The van der Waals surface area contributed by atoms with Gasteiger partial charge < -0.3 is 4.42 Å². The lowest BCUT2D eigenvalue weighted by Crippen LogP contribution is -1.72. The van der Waals surface area contributed by atoms with Crippen LogP contribution in [0.15, 0.2) is 33.4 Å². The summed E-state index contributed by atoms with van der Waals surface area (Å²) in [5, 5.41) is 1.15. The number of furan rings is 1. The topological polar surface area (TPSA) is 13.1 Å². The molecule has 2 aromatic rings. The first-order valence-corrected chi connectivity index (χ1v) is 4.20. The fourth-order valence-corrected chi connectivity index (χ4v) is 1.81. The zero-order valence-electron chi connectivity index (χ0n) is 6.10. The van der Waals surface area contributed by atoms with Crippen molar-refractivity contribution in [2.24, 2.45) is 0 Å². The van der Waals surface area contributed by atoms with Gasteiger partial charge >= 0.3 is 0 Å². The van der Waals surface area contributed by atoms with Crippen LogP contribution in [-0.2, 0) is 0 Å². The minimum absolute atomic E-state index is 0.980. The van der Waals surface area contributed by atoms with E-state index in [9.17, 15) is 0 Å². The molecule has 0 aliphatic rings. The van der Waals surface area contributed by atoms with Gasteiger partial charge in [0.1, 0.15) is 5.58 Å². The molecule has 2 heteroatoms. The highest BCUT2D eigenvalue weighted by molar-refractivity contribution is 9.10. The summed E-state index contributed by atoms with van der Waals surface area (Å²) >= 11 is 3.43. The highest BCUT2D eigenvalue weighted by atomic mass is 79.9. The predicted octanol–water partition coefficient (Wildman–Crippen LogP) is 3.50. The summed E-state index contributed by atoms with van der Waals surface area (Å²) in [5.74, 6) is 0. The van der Waals surface area contributed by atoms with Crippen molar-refractivity contribution in [2.75, 3.05) is 0 Å². The Morgan fingerprint density at radius 2 is 2.18 bits per heavy atom. The van der Waals surface area contributed by atoms with Gasteiger partial charge in [-0.2, -0.15) is 0 Å². The quantitative estimate of drug-likeness (QED) is 0.649. The van der Waals surface area contributed by atoms with Crippen LogP contribution in [0.2, 0.25) is 0 Å². The number of rotatable bonds is 0. The summed E-state index contributed by atoms with van der Waals surface area (Å²) in [5.41, 5.74) is 2.15. The third-order valence-electron chi connectivity index (χ3n) is 1.70. The van der Waals surface area contributed by atoms with Gasteiger partial charge in [0.15, 0.2) is 0 Å². The summed E-state index contributed by atoms with van der Waals surface area (Å²) in [4.78, 5) is 0. The minimum atomic E-state index is 0.980. The molecule has 0 saturated carbocycles. The summed E-state index contributed by atoms with van der Waals surface area (Å²) in [7, 11) is 0. The van der Waals surface area contributed by atoms with Crippen molar-refractivity contribution in [3.63, 3.8) is 0 Å². The number of fused-ring (bicyclic) bond motifs is 1. The Morgan fingerprint density at radius 1 is 1.36 bits per heavy atom. The lowest BCUT2D eigenvalue weighted by Gasteiger charge is -1.94. The summed E-state index contributed by atoms with van der Waals surface area (Å²) in [6.07, 6.45) is 1.71. The van der Waals surface area contributed by atoms with Gasteiger partial charge in [0.2, 0.25) is 0 Å². The van der Waals surface area contributed by atoms with Crippen LogP contribution < -0.4 is 0 Å². The van der Waals surface area contributed by atoms with Crippen molar-refractivity contribution in [1.29, 1.82) is 0 Å². The van der Waals surface area contributed by atoms with Gasteiger partial charge in [-0.3, -0.25) is 0 Å². The van der Waals surface area contributed by atoms with Crippen molar-refractivity contribution < 1.29 is 4.42 Å². The summed E-state index contributed by atoms with van der Waals surface area (Å²) in [6.45, 7) is 2.04. The van der Waals surface area contributed by atoms with E-state index in [0.29, 0.717) is 0 Å². The Bertz CT molecular complexity index is 389. The van der Waals surface area contributed by atoms with Crippen molar-refractivity contribution in [3.8, 4) is 0 Å². The van der Waals surface area contributed by atoms with Crippen LogP contribution in [0.4, 0.5) is 0 Å². The standard InChI is InChI=1S/C9H7BrO/c1-6-4-8(10)5-7-2-3-11-9(6)7/h2-5H,1H3. The molecule has 0 aliphatic carbocycles. The fraction of sp³-hybridized carbons (Fsp3) is 0.111. The number of aryl methyl sites for hydroxylation is 1. The maximum Gasteiger partial charge on any atom is 0.136 e. The minimum Gasteiger partial charge on any atom is -0.464 e. The van der Waals surface area contributed by atoms with Crippen LogP contribution in [0.3, 0.4) is 0 Å². The largest absolute Gasteiger partial charge is 0.464 e. The first-order valence-electron chi connectivity index (χ1n) is 3.41. The van der Waals surface area contributed by atoms with E-state index in [-0.39, 0.29) is 0 Å². The third kappa shape index (κ3) is 1.07. The number of benzene rings is 1. The maximum atomic E-state index is 5.28. The molecule has 0 amide bonds. The molecule has 0 bridgehead atoms. The van der Waals surface area contributed by atoms with Crippen molar-refractivity contribution in [3.05, 3.63) is 34.5 Å². The Morgan fingerprint density at radius 3 is 3.00 bits per heavy atom. The molecule has 1 heterocycles. The molecular formula is C9H7BrO. The van der Waals surface area contributed by atoms with Gasteiger partial charge in [-0.15, -0.1) is 0 Å². The smallest absolute Gasteiger partial charge is 0.136 e. The molecule has 1 aromatic heterocycles. The second-order valence-corrected chi connectivity index (χ2v) is 3.48. The normalized spacial score (nSPS) is 10.7. The molecule has 1 nitrogen and oxygen atoms in total. The van der Waals surface area contributed by atoms with E-state index in [1.54, 1.807) is 6.26 Å². The molecule has 0 N–H and O–H groups in total. The summed E-state index contributed by atoms with van der Waals surface area (Å²) in [6, 6.07) is 6.06. The van der Waals surface area contributed by atoms with E-state index < -0.39 is 0 Å². The molecule has 11 heavy (non-hydrogen) atoms. The lowest BCUT2D eigenvalue weighted by atomic mass is 10.2. The van der Waals surface area contributed by atoms with E-state index >= 15 is 0 Å². The van der Waals surface area contributed by atoms with Crippen molar-refractivity contribution >= 4 is 26.9 Å². The van der Waals surface area contributed by atoms with Gasteiger partial charge in [-0.05, 0) is 30.7 Å². The van der Waals surface area contributed by atoms with Crippen LogP contribution in [-0.4, -0.2) is 0 Å². The molecule has 1 aromatic carbocycles. The van der Waals surface area contributed by atoms with Gasteiger partial charge in [0.25, 0.3) is 0 Å². The molecule has 0 aliphatic heterocycles. The molecule has 0 saturated heterocycles. The molecule has 0 radical (unpaired) electrons. The van der Waals surface area contributed by atoms with E-state index in [4.69, 9.17) is 4.42 Å². The molecule has 0 fully saturated rings. The zero-order chi connectivity index (χ0) is 7.84. The zero-order valence-corrected chi connectivity index (χ0v) is 7.68. The van der Waals surface area contributed by atoms with Crippen LogP contribution in [0.25, 0.3) is 11.0 Å². The Hall–Kier alpha value is -0.760. The molecule has 2 rings (SSSR count). The lowest BCUT2D eigenvalue weighted by molar-refractivity contribution is 0.613. The second kappa shape index (κ2) is 2.38. The average molecular weight is 211 g/mol. The highest BCUT2D eigenvalue weighted by Crippen LogP contribution is 2.24. The SMILES string of the molecule is Cc1cc(Br)cc2ccoc12. The molecule has 0 atom stereocenters. The second-order valence-electron chi connectivity index (χ2n) is 2.56. The summed E-state index contributed by atoms with van der Waals surface area (Å²) < 4.78 is 6.38. The van der Waals surface area contributed by atoms with Crippen LogP contribution in [0, 0.1) is 6.92 Å². The monoisotopic (exact) mass is 210 g/mol. The average Bonchev–Trinajstić information content (AvgIpc) is 2.34. The third-order valence-corrected chi connectivity index (χ3v) is 2.16. The van der Waals surface area contributed by atoms with Gasteiger partial charge in [0, 0.05) is 9.86 Å². The van der Waals surface area contributed by atoms with E-state index in [1.807, 2.05) is 25.1 Å². The van der Waals surface area contributed by atoms with E-state index in [2.05, 4.69) is 15.9 Å². The Kier molecular flexibility index (Phi) is 1.50. The van der Waals surface area contributed by atoms with Crippen molar-refractivity contribution in [2.45, 2.75) is 6.92 Å². The van der Waals surface area contributed by atoms with Gasteiger partial charge in [-0.25, -0.2) is 0 Å². The van der Waals surface area contributed by atoms with Crippen LogP contribution >= 0.6 is 15.9 Å². The molecule has 0 spiro atoms. The Labute approximate surface area is 73.1 Å². The van der Waals surface area contributed by atoms with Gasteiger partial charge in [-0.1, -0.05) is 15.9 Å². The maximum absolute atomic E-state index is 5.28. The first kappa shape index (κ1) is 6.92. The molecular weight excluding hydrogens is 204 g/mol. The highest BCUT2D eigenvalue weighted by Gasteiger charge is 2.00. The number of hydrogen-bond acceptors (Lipinski definition) is 1. The predicted molar refractivity (Wildman–Crippen MR) is 48.7 cm³/mol. The van der Waals surface area contributed by atoms with E-state index in [0.717, 1.165) is 15.4 Å². The molecule has 56 valence electrons. The van der Waals surface area contributed by atoms with Crippen molar-refractivity contribution in [1.82, 2.24) is 0 Å². The van der Waals surface area contributed by atoms with Crippen LogP contribution in [0.1, 0.15) is 5.56 Å². The van der Waals surface area contributed by atoms with E-state index in [1.165, 1.54) is 5.56 Å². The Balaban J connectivity index is 2.91. The number of halogens is 1. The fourth-order valence-electron chi connectivity index (χ4n) is 1.22.